The molecule has 3 aromatic rings. The summed E-state index contributed by atoms with van der Waals surface area (Å²) in [6.45, 7) is 6.47. The second-order valence-corrected chi connectivity index (χ2v) is 5.16. The summed E-state index contributed by atoms with van der Waals surface area (Å²) in [5, 5.41) is 8.80. The number of nitrogens with zero attached hydrogens (tertiary/aromatic N) is 1. The number of H-pyrrole nitrogens is 1. The van der Waals surface area contributed by atoms with Gasteiger partial charge in [-0.05, 0) is 48.6 Å². The lowest BCUT2D eigenvalue weighted by Crippen LogP contribution is -1.95. The molecule has 0 aliphatic carbocycles. The Bertz CT molecular complexity index is 731. The van der Waals surface area contributed by atoms with E-state index >= 15 is 0 Å². The molecule has 101 valence electrons. The zero-order valence-corrected chi connectivity index (χ0v) is 12.2. The second-order valence-electron chi connectivity index (χ2n) is 5.16. The first kappa shape index (κ1) is 12.9. The van der Waals surface area contributed by atoms with Crippen molar-refractivity contribution in [2.75, 3.05) is 0 Å². The van der Waals surface area contributed by atoms with Crippen LogP contribution in [-0.2, 0) is 12.8 Å². The first-order chi connectivity index (χ1) is 9.74. The lowest BCUT2D eigenvalue weighted by molar-refractivity contribution is 1.07. The summed E-state index contributed by atoms with van der Waals surface area (Å²) in [5.74, 6) is 0. The minimum Gasteiger partial charge on any atom is -0.277 e. The monoisotopic (exact) mass is 263 g/mol. The number of nitrogens with one attached hydrogen (secondary N) is 1. The molecule has 0 atom stereocenters. The molecular formula is C18H19N2. The number of rotatable bonds is 3. The van der Waals surface area contributed by atoms with Gasteiger partial charge in [-0.2, -0.15) is 5.10 Å². The molecule has 0 bridgehead atoms. The van der Waals surface area contributed by atoms with E-state index in [2.05, 4.69) is 67.4 Å². The highest BCUT2D eigenvalue weighted by molar-refractivity contribution is 5.94. The van der Waals surface area contributed by atoms with Crippen molar-refractivity contribution < 1.29 is 0 Å². The molecule has 0 unspecified atom stereocenters. The number of benzene rings is 2. The minimum atomic E-state index is 1.02. The van der Waals surface area contributed by atoms with Crippen molar-refractivity contribution in [2.24, 2.45) is 0 Å². The summed E-state index contributed by atoms with van der Waals surface area (Å²) >= 11 is 0. The summed E-state index contributed by atoms with van der Waals surface area (Å²) in [5.41, 5.74) is 7.23. The molecular weight excluding hydrogens is 244 g/mol. The zero-order chi connectivity index (χ0) is 14.1. The third-order valence-electron chi connectivity index (χ3n) is 3.85. The summed E-state index contributed by atoms with van der Waals surface area (Å²) in [6.07, 6.45) is 2.03. The number of hydrogen-bond donors (Lipinski definition) is 1. The molecule has 1 N–H and O–H groups in total. The summed E-state index contributed by atoms with van der Waals surface area (Å²) in [4.78, 5) is 0. The van der Waals surface area contributed by atoms with E-state index in [1.165, 1.54) is 16.7 Å². The predicted octanol–water partition coefficient (Wildman–Crippen LogP) is 4.46. The fraction of sp³-hybridized carbons (Fsp3) is 0.278. The number of hydrogen-bond acceptors (Lipinski definition) is 1. The average Bonchev–Trinajstić information content (AvgIpc) is 2.88. The van der Waals surface area contributed by atoms with E-state index in [0.717, 1.165) is 35.0 Å². The average molecular weight is 263 g/mol. The maximum Gasteiger partial charge on any atom is 0.101 e. The van der Waals surface area contributed by atoms with Crippen LogP contribution in [0.4, 0.5) is 0 Å². The van der Waals surface area contributed by atoms with Crippen LogP contribution in [-0.4, -0.2) is 10.2 Å². The Hall–Kier alpha value is -2.09. The first-order valence-electron chi connectivity index (χ1n) is 7.22. The van der Waals surface area contributed by atoms with Crippen molar-refractivity contribution in [2.45, 2.75) is 33.6 Å². The molecule has 3 rings (SSSR count). The van der Waals surface area contributed by atoms with E-state index in [9.17, 15) is 0 Å². The molecule has 1 heterocycles. The molecule has 1 radical (unpaired) electrons. The zero-order valence-electron chi connectivity index (χ0n) is 12.2. The molecule has 1 aromatic heterocycles. The summed E-state index contributed by atoms with van der Waals surface area (Å²) in [6, 6.07) is 14.1. The summed E-state index contributed by atoms with van der Waals surface area (Å²) in [7, 11) is 0. The topological polar surface area (TPSA) is 28.7 Å². The van der Waals surface area contributed by atoms with Gasteiger partial charge in [0.15, 0.2) is 0 Å². The van der Waals surface area contributed by atoms with Crippen LogP contribution in [0.3, 0.4) is 0 Å². The van der Waals surface area contributed by atoms with E-state index in [1.807, 2.05) is 0 Å². The van der Waals surface area contributed by atoms with E-state index < -0.39 is 0 Å². The highest BCUT2D eigenvalue weighted by Crippen LogP contribution is 2.32. The molecule has 0 saturated carbocycles. The molecule has 2 nitrogen and oxygen atoms in total. The van der Waals surface area contributed by atoms with Gasteiger partial charge in [0, 0.05) is 10.9 Å². The third-order valence-corrected chi connectivity index (χ3v) is 3.85. The van der Waals surface area contributed by atoms with Gasteiger partial charge in [-0.3, -0.25) is 5.10 Å². The molecule has 0 aliphatic heterocycles. The van der Waals surface area contributed by atoms with Crippen molar-refractivity contribution in [3.05, 3.63) is 53.1 Å². The largest absolute Gasteiger partial charge is 0.277 e. The molecule has 20 heavy (non-hydrogen) atoms. The van der Waals surface area contributed by atoms with Gasteiger partial charge in [-0.15, -0.1) is 0 Å². The Labute approximate surface area is 119 Å². The summed E-state index contributed by atoms with van der Waals surface area (Å²) < 4.78 is 0. The van der Waals surface area contributed by atoms with Gasteiger partial charge < -0.3 is 0 Å². The SMILES string of the molecule is CCc1cccc(CC)c1-c1n[nH]c2ccc(C)[c]c12. The van der Waals surface area contributed by atoms with Gasteiger partial charge in [0.25, 0.3) is 0 Å². The fourth-order valence-corrected chi connectivity index (χ4v) is 2.78. The Morgan fingerprint density at radius 3 is 2.40 bits per heavy atom. The second kappa shape index (κ2) is 5.12. The van der Waals surface area contributed by atoms with Crippen LogP contribution in [0.1, 0.15) is 30.5 Å². The van der Waals surface area contributed by atoms with E-state index in [-0.39, 0.29) is 0 Å². The number of aryl methyl sites for hydroxylation is 3. The molecule has 2 heteroatoms. The lowest BCUT2D eigenvalue weighted by atomic mass is 9.93. The number of aromatic amines is 1. The van der Waals surface area contributed by atoms with Crippen LogP contribution < -0.4 is 0 Å². The van der Waals surface area contributed by atoms with Crippen LogP contribution >= 0.6 is 0 Å². The quantitative estimate of drug-likeness (QED) is 0.742. The van der Waals surface area contributed by atoms with Crippen LogP contribution in [0.15, 0.2) is 30.3 Å². The van der Waals surface area contributed by atoms with E-state index in [4.69, 9.17) is 0 Å². The van der Waals surface area contributed by atoms with Crippen molar-refractivity contribution in [1.29, 1.82) is 0 Å². The number of fused-ring (bicyclic) bond motifs is 1. The van der Waals surface area contributed by atoms with Gasteiger partial charge in [0.05, 0.1) is 5.52 Å². The van der Waals surface area contributed by atoms with Crippen molar-refractivity contribution in [3.8, 4) is 11.3 Å². The van der Waals surface area contributed by atoms with Crippen LogP contribution in [0.5, 0.6) is 0 Å². The van der Waals surface area contributed by atoms with Gasteiger partial charge >= 0.3 is 0 Å². The fourth-order valence-electron chi connectivity index (χ4n) is 2.78. The maximum absolute atomic E-state index is 4.57. The number of aromatic nitrogens is 2. The van der Waals surface area contributed by atoms with E-state index in [1.54, 1.807) is 0 Å². The molecule has 0 spiro atoms. The van der Waals surface area contributed by atoms with Gasteiger partial charge in [-0.25, -0.2) is 0 Å². The molecule has 0 aliphatic rings. The lowest BCUT2D eigenvalue weighted by Gasteiger charge is -2.11. The van der Waals surface area contributed by atoms with Crippen LogP contribution in [0.2, 0.25) is 0 Å². The van der Waals surface area contributed by atoms with Crippen molar-refractivity contribution in [1.82, 2.24) is 10.2 Å². The highest BCUT2D eigenvalue weighted by Gasteiger charge is 2.15. The van der Waals surface area contributed by atoms with Gasteiger partial charge in [0.1, 0.15) is 5.69 Å². The third kappa shape index (κ3) is 2.01. The molecule has 0 saturated heterocycles. The Morgan fingerprint density at radius 2 is 1.75 bits per heavy atom. The Kier molecular flexibility index (Phi) is 3.31. The van der Waals surface area contributed by atoms with Crippen molar-refractivity contribution >= 4 is 10.9 Å². The van der Waals surface area contributed by atoms with Gasteiger partial charge in [0.2, 0.25) is 0 Å². The normalized spacial score (nSPS) is 11.2. The van der Waals surface area contributed by atoms with Crippen LogP contribution in [0.25, 0.3) is 22.2 Å². The maximum atomic E-state index is 4.57. The minimum absolute atomic E-state index is 1.02. The smallest absolute Gasteiger partial charge is 0.101 e. The highest BCUT2D eigenvalue weighted by atomic mass is 15.1. The van der Waals surface area contributed by atoms with Gasteiger partial charge in [-0.1, -0.05) is 38.1 Å². The molecule has 2 aromatic carbocycles. The predicted molar refractivity (Wildman–Crippen MR) is 83.9 cm³/mol. The Balaban J connectivity index is 2.33. The molecule has 0 fully saturated rings. The van der Waals surface area contributed by atoms with Crippen molar-refractivity contribution in [3.63, 3.8) is 0 Å². The van der Waals surface area contributed by atoms with Crippen LogP contribution in [0, 0.1) is 13.0 Å². The van der Waals surface area contributed by atoms with E-state index in [0.29, 0.717) is 0 Å². The Morgan fingerprint density at radius 1 is 1.05 bits per heavy atom. The molecule has 0 amide bonds. The standard InChI is InChI=1S/C18H19N2/c1-4-13-7-6-8-14(5-2)17(13)18-15-11-12(3)9-10-16(15)19-20-18/h6-10H,4-5H2,1-3H3,(H,19,20). The first-order valence-corrected chi connectivity index (χ1v) is 7.22.